The Morgan fingerprint density at radius 2 is 2.22 bits per heavy atom. The number of rotatable bonds is 4. The lowest BCUT2D eigenvalue weighted by Gasteiger charge is -2.04. The second-order valence-electron chi connectivity index (χ2n) is 3.62. The maximum Gasteiger partial charge on any atom is 0.325 e. The summed E-state index contributed by atoms with van der Waals surface area (Å²) in [5, 5.41) is 19.0. The Hall–Kier alpha value is -2.64. The van der Waals surface area contributed by atoms with Gasteiger partial charge in [-0.1, -0.05) is 0 Å². The fraction of sp³-hybridized carbons (Fsp3) is 0.200. The number of nitrogens with zero attached hydrogens (tertiary/aromatic N) is 4. The molecular weight excluding hydrogens is 238 g/mol. The molecule has 0 aliphatic rings. The predicted molar refractivity (Wildman–Crippen MR) is 61.0 cm³/mol. The van der Waals surface area contributed by atoms with Crippen molar-refractivity contribution >= 4 is 17.6 Å². The van der Waals surface area contributed by atoms with Gasteiger partial charge in [0.05, 0.1) is 11.9 Å². The van der Waals surface area contributed by atoms with E-state index in [2.05, 4.69) is 15.5 Å². The molecule has 0 radical (unpaired) electrons. The van der Waals surface area contributed by atoms with Crippen LogP contribution in [0, 0.1) is 0 Å². The number of hydrogen-bond acceptors (Lipinski definition) is 4. The van der Waals surface area contributed by atoms with Gasteiger partial charge in [-0.2, -0.15) is 10.2 Å². The molecule has 2 N–H and O–H groups in total. The molecule has 0 saturated carbocycles. The fourth-order valence-corrected chi connectivity index (χ4v) is 1.46. The van der Waals surface area contributed by atoms with Crippen LogP contribution in [0.4, 0.5) is 5.69 Å². The first kappa shape index (κ1) is 11.8. The Morgan fingerprint density at radius 1 is 1.44 bits per heavy atom. The molecule has 0 fully saturated rings. The molecule has 2 rings (SSSR count). The Morgan fingerprint density at radius 3 is 2.83 bits per heavy atom. The summed E-state index contributed by atoms with van der Waals surface area (Å²) in [6.07, 6.45) is 4.51. The molecule has 0 bridgehead atoms. The van der Waals surface area contributed by atoms with E-state index in [9.17, 15) is 9.59 Å². The van der Waals surface area contributed by atoms with Gasteiger partial charge in [0.2, 0.25) is 0 Å². The van der Waals surface area contributed by atoms with Gasteiger partial charge in [-0.25, -0.2) is 4.68 Å². The van der Waals surface area contributed by atoms with Crippen LogP contribution in [0.15, 0.2) is 24.7 Å². The zero-order chi connectivity index (χ0) is 13.1. The second kappa shape index (κ2) is 4.70. The molecule has 18 heavy (non-hydrogen) atoms. The van der Waals surface area contributed by atoms with Gasteiger partial charge < -0.3 is 10.4 Å². The van der Waals surface area contributed by atoms with Crippen LogP contribution in [0.25, 0.3) is 0 Å². The van der Waals surface area contributed by atoms with E-state index < -0.39 is 11.9 Å². The highest BCUT2D eigenvalue weighted by atomic mass is 16.4. The smallest absolute Gasteiger partial charge is 0.325 e. The van der Waals surface area contributed by atoms with Crippen molar-refractivity contribution in [1.29, 1.82) is 0 Å². The number of aryl methyl sites for hydroxylation is 1. The van der Waals surface area contributed by atoms with E-state index >= 15 is 0 Å². The van der Waals surface area contributed by atoms with E-state index in [0.717, 1.165) is 4.68 Å². The van der Waals surface area contributed by atoms with Crippen molar-refractivity contribution in [2.24, 2.45) is 7.05 Å². The van der Waals surface area contributed by atoms with Crippen LogP contribution in [0.2, 0.25) is 0 Å². The van der Waals surface area contributed by atoms with Crippen LogP contribution in [0.1, 0.15) is 10.5 Å². The maximum atomic E-state index is 11.9. The lowest BCUT2D eigenvalue weighted by molar-refractivity contribution is -0.137. The molecule has 0 aliphatic heterocycles. The van der Waals surface area contributed by atoms with Crippen molar-refractivity contribution in [2.75, 3.05) is 5.32 Å². The first-order valence-electron chi connectivity index (χ1n) is 5.10. The largest absolute Gasteiger partial charge is 0.480 e. The van der Waals surface area contributed by atoms with Crippen molar-refractivity contribution < 1.29 is 14.7 Å². The third kappa shape index (κ3) is 2.54. The Kier molecular flexibility index (Phi) is 3.09. The lowest BCUT2D eigenvalue weighted by Crippen LogP contribution is -2.20. The normalized spacial score (nSPS) is 10.3. The first-order chi connectivity index (χ1) is 8.56. The van der Waals surface area contributed by atoms with Gasteiger partial charge in [-0.15, -0.1) is 0 Å². The topological polar surface area (TPSA) is 102 Å². The number of nitrogens with one attached hydrogen (secondary N) is 1. The van der Waals surface area contributed by atoms with Gasteiger partial charge in [0.1, 0.15) is 12.2 Å². The van der Waals surface area contributed by atoms with Crippen LogP contribution in [-0.2, 0) is 18.4 Å². The third-order valence-corrected chi connectivity index (χ3v) is 2.20. The van der Waals surface area contributed by atoms with Crippen molar-refractivity contribution in [3.05, 3.63) is 30.4 Å². The molecule has 8 nitrogen and oxygen atoms in total. The number of carbonyl (C=O) groups is 2. The van der Waals surface area contributed by atoms with E-state index in [1.54, 1.807) is 17.9 Å². The highest BCUT2D eigenvalue weighted by Gasteiger charge is 2.14. The van der Waals surface area contributed by atoms with Gasteiger partial charge in [-0.05, 0) is 6.07 Å². The fourth-order valence-electron chi connectivity index (χ4n) is 1.46. The van der Waals surface area contributed by atoms with E-state index in [1.165, 1.54) is 18.5 Å². The molecule has 8 heteroatoms. The van der Waals surface area contributed by atoms with E-state index in [1.807, 2.05) is 0 Å². The number of amides is 1. The molecule has 94 valence electrons. The standard InChI is InChI=1S/C10H11N5O3/c1-14-5-7(4-12-14)13-10(18)8-2-3-11-15(8)6-9(16)17/h2-5H,6H2,1H3,(H,13,18)(H,16,17). The summed E-state index contributed by atoms with van der Waals surface area (Å²) in [5.41, 5.74) is 0.715. The molecule has 2 heterocycles. The molecule has 2 aromatic rings. The van der Waals surface area contributed by atoms with Crippen LogP contribution in [0.3, 0.4) is 0 Å². The molecule has 0 atom stereocenters. The average molecular weight is 249 g/mol. The number of anilines is 1. The molecule has 2 aromatic heterocycles. The van der Waals surface area contributed by atoms with E-state index in [4.69, 9.17) is 5.11 Å². The monoisotopic (exact) mass is 249 g/mol. The first-order valence-corrected chi connectivity index (χ1v) is 5.10. The number of aliphatic carboxylic acids is 1. The Balaban J connectivity index is 2.14. The van der Waals surface area contributed by atoms with Gasteiger partial charge in [0.15, 0.2) is 0 Å². The molecule has 0 spiro atoms. The van der Waals surface area contributed by atoms with Gasteiger partial charge >= 0.3 is 5.97 Å². The summed E-state index contributed by atoms with van der Waals surface area (Å²) in [5.74, 6) is -1.49. The lowest BCUT2D eigenvalue weighted by atomic mass is 10.4. The third-order valence-electron chi connectivity index (χ3n) is 2.20. The molecular formula is C10H11N5O3. The van der Waals surface area contributed by atoms with Crippen LogP contribution in [-0.4, -0.2) is 36.5 Å². The van der Waals surface area contributed by atoms with Crippen molar-refractivity contribution in [1.82, 2.24) is 19.6 Å². The highest BCUT2D eigenvalue weighted by Crippen LogP contribution is 2.07. The van der Waals surface area contributed by atoms with E-state index in [-0.39, 0.29) is 12.2 Å². The Labute approximate surface area is 102 Å². The molecule has 0 saturated heterocycles. The van der Waals surface area contributed by atoms with Crippen LogP contribution < -0.4 is 5.32 Å². The van der Waals surface area contributed by atoms with E-state index in [0.29, 0.717) is 5.69 Å². The summed E-state index contributed by atoms with van der Waals surface area (Å²) in [4.78, 5) is 22.5. The van der Waals surface area contributed by atoms with Gasteiger partial charge in [0.25, 0.3) is 5.91 Å². The minimum atomic E-state index is -1.06. The summed E-state index contributed by atoms with van der Waals surface area (Å²) in [6, 6.07) is 1.45. The van der Waals surface area contributed by atoms with Crippen LogP contribution in [0.5, 0.6) is 0 Å². The summed E-state index contributed by atoms with van der Waals surface area (Å²) >= 11 is 0. The van der Waals surface area contributed by atoms with Crippen molar-refractivity contribution in [3.63, 3.8) is 0 Å². The molecule has 0 unspecified atom stereocenters. The molecule has 0 aliphatic carbocycles. The van der Waals surface area contributed by atoms with Crippen LogP contribution >= 0.6 is 0 Å². The zero-order valence-corrected chi connectivity index (χ0v) is 9.57. The second-order valence-corrected chi connectivity index (χ2v) is 3.62. The highest BCUT2D eigenvalue weighted by molar-refractivity contribution is 6.03. The number of aromatic nitrogens is 4. The molecule has 1 amide bonds. The minimum absolute atomic E-state index is 0.182. The predicted octanol–water partition coefficient (Wildman–Crippen LogP) is -0.0465. The summed E-state index contributed by atoms with van der Waals surface area (Å²) < 4.78 is 2.66. The number of carboxylic acid groups (broad SMARTS) is 1. The minimum Gasteiger partial charge on any atom is -0.480 e. The van der Waals surface area contributed by atoms with Gasteiger partial charge in [-0.3, -0.25) is 14.3 Å². The summed E-state index contributed by atoms with van der Waals surface area (Å²) in [6.45, 7) is -0.358. The van der Waals surface area contributed by atoms with Crippen molar-refractivity contribution in [3.8, 4) is 0 Å². The zero-order valence-electron chi connectivity index (χ0n) is 9.57. The Bertz CT molecular complexity index is 586. The quantitative estimate of drug-likeness (QED) is 0.791. The van der Waals surface area contributed by atoms with Crippen molar-refractivity contribution in [2.45, 2.75) is 6.54 Å². The number of carboxylic acids is 1. The number of hydrogen-bond donors (Lipinski definition) is 2. The summed E-state index contributed by atoms with van der Waals surface area (Å²) in [7, 11) is 1.73. The maximum absolute atomic E-state index is 11.9. The number of carbonyl (C=O) groups excluding carboxylic acids is 1. The van der Waals surface area contributed by atoms with Gasteiger partial charge in [0, 0.05) is 19.4 Å². The SMILES string of the molecule is Cn1cc(NC(=O)c2ccnn2CC(=O)O)cn1. The molecule has 0 aromatic carbocycles. The average Bonchev–Trinajstić information content (AvgIpc) is 2.87.